The SMILES string of the molecule is CCCCCCOC(=O)Nc1ccn(C2COC(COC(=O)OCCCCCC)O2)c(=O)n1. The van der Waals surface area contributed by atoms with Crippen LogP contribution >= 0.6 is 0 Å². The lowest BCUT2D eigenvalue weighted by atomic mass is 10.2. The molecule has 1 amide bonds. The molecule has 0 aromatic carbocycles. The predicted octanol–water partition coefficient (Wildman–Crippen LogP) is 3.98. The number of aromatic nitrogens is 2. The van der Waals surface area contributed by atoms with Crippen LogP contribution in [-0.2, 0) is 23.7 Å². The molecule has 1 fully saturated rings. The van der Waals surface area contributed by atoms with Gasteiger partial charge in [0.15, 0.2) is 12.5 Å². The lowest BCUT2D eigenvalue weighted by Gasteiger charge is -2.14. The Morgan fingerprint density at radius 1 is 1.06 bits per heavy atom. The monoisotopic (exact) mass is 469 g/mol. The van der Waals surface area contributed by atoms with Crippen LogP contribution in [0.4, 0.5) is 15.4 Å². The van der Waals surface area contributed by atoms with Gasteiger partial charge in [0, 0.05) is 6.20 Å². The second kappa shape index (κ2) is 15.2. The third-order valence-electron chi connectivity index (χ3n) is 4.89. The number of unbranched alkanes of at least 4 members (excludes halogenated alkanes) is 6. The fourth-order valence-corrected chi connectivity index (χ4v) is 3.07. The molecule has 1 saturated heterocycles. The summed E-state index contributed by atoms with van der Waals surface area (Å²) in [6, 6.07) is 1.46. The number of nitrogens with zero attached hydrogens (tertiary/aromatic N) is 2. The highest BCUT2D eigenvalue weighted by Gasteiger charge is 2.29. The molecule has 0 spiro atoms. The molecule has 1 aliphatic rings. The molecular weight excluding hydrogens is 434 g/mol. The van der Waals surface area contributed by atoms with Gasteiger partial charge in [0.25, 0.3) is 0 Å². The van der Waals surface area contributed by atoms with E-state index in [4.69, 9.17) is 23.7 Å². The zero-order chi connectivity index (χ0) is 23.9. The average molecular weight is 470 g/mol. The van der Waals surface area contributed by atoms with Crippen molar-refractivity contribution in [3.8, 4) is 0 Å². The third-order valence-corrected chi connectivity index (χ3v) is 4.89. The van der Waals surface area contributed by atoms with Gasteiger partial charge in [0.05, 0.1) is 19.8 Å². The van der Waals surface area contributed by atoms with Gasteiger partial charge in [-0.2, -0.15) is 4.98 Å². The van der Waals surface area contributed by atoms with Crippen molar-refractivity contribution in [3.63, 3.8) is 0 Å². The topological polar surface area (TPSA) is 127 Å². The molecule has 2 rings (SSSR count). The number of hydrogen-bond acceptors (Lipinski definition) is 9. The van der Waals surface area contributed by atoms with Gasteiger partial charge < -0.3 is 23.7 Å². The number of hydrogen-bond donors (Lipinski definition) is 1. The van der Waals surface area contributed by atoms with Crippen molar-refractivity contribution in [1.82, 2.24) is 9.55 Å². The van der Waals surface area contributed by atoms with E-state index < -0.39 is 30.5 Å². The number of anilines is 1. The Morgan fingerprint density at radius 2 is 1.76 bits per heavy atom. The normalized spacial score (nSPS) is 17.5. The van der Waals surface area contributed by atoms with E-state index in [2.05, 4.69) is 24.1 Å². The van der Waals surface area contributed by atoms with Gasteiger partial charge in [-0.1, -0.05) is 52.4 Å². The number of nitrogens with one attached hydrogen (secondary N) is 1. The maximum absolute atomic E-state index is 12.3. The molecule has 0 radical (unpaired) electrons. The first kappa shape index (κ1) is 26.6. The van der Waals surface area contributed by atoms with E-state index in [0.717, 1.165) is 51.4 Å². The molecule has 1 aromatic heterocycles. The molecule has 2 unspecified atom stereocenters. The third kappa shape index (κ3) is 10.2. The second-order valence-corrected chi connectivity index (χ2v) is 7.65. The Balaban J connectivity index is 1.71. The summed E-state index contributed by atoms with van der Waals surface area (Å²) in [6.07, 6.45) is 6.40. The highest BCUT2D eigenvalue weighted by Crippen LogP contribution is 2.20. The van der Waals surface area contributed by atoms with E-state index in [0.29, 0.717) is 13.2 Å². The number of carbonyl (C=O) groups excluding carboxylic acids is 2. The van der Waals surface area contributed by atoms with E-state index in [9.17, 15) is 14.4 Å². The Bertz CT molecular complexity index is 785. The van der Waals surface area contributed by atoms with Crippen LogP contribution in [-0.4, -0.2) is 54.5 Å². The fraction of sp³-hybridized carbons (Fsp3) is 0.727. The summed E-state index contributed by atoms with van der Waals surface area (Å²) in [5.74, 6) is 0.0790. The Morgan fingerprint density at radius 3 is 2.42 bits per heavy atom. The minimum absolute atomic E-state index is 0.0776. The standard InChI is InChI=1S/C22H35N3O8/c1-3-5-7-9-13-29-21(27)24-17-11-12-25(20(26)23-17)18-15-31-19(33-18)16-32-22(28)30-14-10-8-6-4-2/h11-12,18-19H,3-10,13-16H2,1-2H3,(H,23,24,26,27). The summed E-state index contributed by atoms with van der Waals surface area (Å²) in [4.78, 5) is 39.6. The molecule has 33 heavy (non-hydrogen) atoms. The fourth-order valence-electron chi connectivity index (χ4n) is 3.07. The number of amides is 1. The van der Waals surface area contributed by atoms with Crippen LogP contribution in [0.1, 0.15) is 71.4 Å². The summed E-state index contributed by atoms with van der Waals surface area (Å²) in [7, 11) is 0. The van der Waals surface area contributed by atoms with Crippen molar-refractivity contribution in [3.05, 3.63) is 22.7 Å². The van der Waals surface area contributed by atoms with Gasteiger partial charge in [-0.25, -0.2) is 14.4 Å². The minimum Gasteiger partial charge on any atom is -0.449 e. The molecule has 2 atom stereocenters. The summed E-state index contributed by atoms with van der Waals surface area (Å²) in [5.41, 5.74) is -0.627. The Kier molecular flexibility index (Phi) is 12.3. The first-order chi connectivity index (χ1) is 16.0. The summed E-state index contributed by atoms with van der Waals surface area (Å²) in [6.45, 7) is 4.75. The Labute approximate surface area is 193 Å². The zero-order valence-electron chi connectivity index (χ0n) is 19.5. The van der Waals surface area contributed by atoms with Crippen LogP contribution < -0.4 is 11.0 Å². The van der Waals surface area contributed by atoms with Crippen LogP contribution in [0.2, 0.25) is 0 Å². The highest BCUT2D eigenvalue weighted by molar-refractivity contribution is 5.83. The largest absolute Gasteiger partial charge is 0.508 e. The van der Waals surface area contributed by atoms with E-state index in [1.165, 1.54) is 16.8 Å². The van der Waals surface area contributed by atoms with Crippen LogP contribution in [0.3, 0.4) is 0 Å². The van der Waals surface area contributed by atoms with Crippen LogP contribution in [0, 0.1) is 0 Å². The second-order valence-electron chi connectivity index (χ2n) is 7.65. The van der Waals surface area contributed by atoms with Crippen molar-refractivity contribution >= 4 is 18.1 Å². The molecule has 2 heterocycles. The highest BCUT2D eigenvalue weighted by atomic mass is 16.8. The van der Waals surface area contributed by atoms with Crippen molar-refractivity contribution in [2.45, 2.75) is 77.7 Å². The molecule has 11 heteroatoms. The number of carbonyl (C=O) groups is 2. The zero-order valence-corrected chi connectivity index (χ0v) is 19.5. The molecular formula is C22H35N3O8. The molecule has 0 aliphatic carbocycles. The van der Waals surface area contributed by atoms with E-state index >= 15 is 0 Å². The van der Waals surface area contributed by atoms with E-state index in [1.807, 2.05) is 0 Å². The molecule has 0 saturated carbocycles. The van der Waals surface area contributed by atoms with Gasteiger partial charge in [0.1, 0.15) is 12.4 Å². The first-order valence-corrected chi connectivity index (χ1v) is 11.6. The predicted molar refractivity (Wildman–Crippen MR) is 119 cm³/mol. The summed E-state index contributed by atoms with van der Waals surface area (Å²) < 4.78 is 27.3. The Hall–Kier alpha value is -2.66. The smallest absolute Gasteiger partial charge is 0.449 e. The van der Waals surface area contributed by atoms with Crippen molar-refractivity contribution in [2.75, 3.05) is 31.7 Å². The summed E-state index contributed by atoms with van der Waals surface area (Å²) in [5, 5.41) is 2.43. The molecule has 186 valence electrons. The van der Waals surface area contributed by atoms with Gasteiger partial charge in [0.2, 0.25) is 0 Å². The average Bonchev–Trinajstić information content (AvgIpc) is 3.26. The molecule has 0 bridgehead atoms. The van der Waals surface area contributed by atoms with Gasteiger partial charge in [-0.05, 0) is 18.9 Å². The summed E-state index contributed by atoms with van der Waals surface area (Å²) >= 11 is 0. The van der Waals surface area contributed by atoms with E-state index in [-0.39, 0.29) is 19.0 Å². The van der Waals surface area contributed by atoms with Crippen LogP contribution in [0.25, 0.3) is 0 Å². The lowest BCUT2D eigenvalue weighted by molar-refractivity contribution is -0.108. The molecule has 1 aliphatic heterocycles. The van der Waals surface area contributed by atoms with Crippen LogP contribution in [0.15, 0.2) is 17.1 Å². The maximum Gasteiger partial charge on any atom is 0.508 e. The first-order valence-electron chi connectivity index (χ1n) is 11.6. The van der Waals surface area contributed by atoms with Gasteiger partial charge in [-0.3, -0.25) is 9.88 Å². The van der Waals surface area contributed by atoms with Crippen LogP contribution in [0.5, 0.6) is 0 Å². The molecule has 11 nitrogen and oxygen atoms in total. The van der Waals surface area contributed by atoms with Gasteiger partial charge >= 0.3 is 17.9 Å². The molecule has 1 aromatic rings. The quantitative estimate of drug-likeness (QED) is 0.318. The van der Waals surface area contributed by atoms with Gasteiger partial charge in [-0.15, -0.1) is 0 Å². The number of ether oxygens (including phenoxy) is 5. The molecule has 1 N–H and O–H groups in total. The number of rotatable bonds is 14. The van der Waals surface area contributed by atoms with E-state index in [1.54, 1.807) is 0 Å². The lowest BCUT2D eigenvalue weighted by Crippen LogP contribution is -2.29. The van der Waals surface area contributed by atoms with Crippen molar-refractivity contribution in [1.29, 1.82) is 0 Å². The van der Waals surface area contributed by atoms with Crippen molar-refractivity contribution < 1.29 is 33.3 Å². The maximum atomic E-state index is 12.3. The minimum atomic E-state index is -0.824. The van der Waals surface area contributed by atoms with Crippen molar-refractivity contribution in [2.24, 2.45) is 0 Å².